The molecular formula is C13H18N6OS. The number of thiazole rings is 1. The van der Waals surface area contributed by atoms with Crippen LogP contribution in [0.2, 0.25) is 0 Å². The highest BCUT2D eigenvalue weighted by Gasteiger charge is 2.26. The zero-order valence-corrected chi connectivity index (χ0v) is 12.7. The Morgan fingerprint density at radius 1 is 1.43 bits per heavy atom. The van der Waals surface area contributed by atoms with Gasteiger partial charge in [-0.25, -0.2) is 4.98 Å². The fourth-order valence-corrected chi connectivity index (χ4v) is 3.14. The number of amides is 1. The van der Waals surface area contributed by atoms with Gasteiger partial charge in [0, 0.05) is 37.8 Å². The van der Waals surface area contributed by atoms with Gasteiger partial charge in [0.25, 0.3) is 5.91 Å². The summed E-state index contributed by atoms with van der Waals surface area (Å²) >= 11 is 1.62. The maximum Gasteiger partial charge on any atom is 0.276 e. The lowest BCUT2D eigenvalue weighted by atomic mass is 10.2. The molecule has 7 nitrogen and oxygen atoms in total. The van der Waals surface area contributed by atoms with Crippen molar-refractivity contribution in [2.75, 3.05) is 36.8 Å². The predicted molar refractivity (Wildman–Crippen MR) is 82.6 cm³/mol. The lowest BCUT2D eigenvalue weighted by Crippen LogP contribution is -2.49. The number of hydrogen-bond acceptors (Lipinski definition) is 6. The Kier molecular flexibility index (Phi) is 3.78. The summed E-state index contributed by atoms with van der Waals surface area (Å²) in [6, 6.07) is 0. The standard InChI is InChI=1S/C13H18N6OS/c1-2-9-10(14)11(17-16-9)12(20)18-4-6-19(7-5-18)13-15-3-8-21-13/h3,8H,2,4-7,14H2,1H3,(H,16,17). The first kappa shape index (κ1) is 13.9. The van der Waals surface area contributed by atoms with Crippen molar-refractivity contribution in [1.82, 2.24) is 20.1 Å². The third kappa shape index (κ3) is 2.58. The van der Waals surface area contributed by atoms with Gasteiger partial charge in [0.2, 0.25) is 0 Å². The molecule has 0 bridgehead atoms. The Hall–Kier alpha value is -2.09. The van der Waals surface area contributed by atoms with Crippen LogP contribution in [0.15, 0.2) is 11.6 Å². The highest BCUT2D eigenvalue weighted by molar-refractivity contribution is 7.13. The quantitative estimate of drug-likeness (QED) is 0.882. The van der Waals surface area contributed by atoms with E-state index in [9.17, 15) is 4.79 Å². The van der Waals surface area contributed by atoms with Crippen LogP contribution >= 0.6 is 11.3 Å². The molecular weight excluding hydrogens is 288 g/mol. The number of carbonyl (C=O) groups is 1. The van der Waals surface area contributed by atoms with Gasteiger partial charge in [0.05, 0.1) is 11.4 Å². The number of piperazine rings is 1. The molecule has 1 amide bonds. The highest BCUT2D eigenvalue weighted by Crippen LogP contribution is 2.21. The Bertz CT molecular complexity index is 615. The van der Waals surface area contributed by atoms with Crippen LogP contribution in [0.1, 0.15) is 23.1 Å². The molecule has 0 aromatic carbocycles. The van der Waals surface area contributed by atoms with Crippen molar-refractivity contribution in [1.29, 1.82) is 0 Å². The molecule has 3 rings (SSSR count). The minimum atomic E-state index is -0.0951. The first-order valence-electron chi connectivity index (χ1n) is 6.97. The van der Waals surface area contributed by atoms with Crippen LogP contribution in [-0.4, -0.2) is 52.2 Å². The van der Waals surface area contributed by atoms with Gasteiger partial charge >= 0.3 is 0 Å². The molecule has 0 spiro atoms. The van der Waals surface area contributed by atoms with Crippen LogP contribution in [0.25, 0.3) is 0 Å². The van der Waals surface area contributed by atoms with E-state index in [0.29, 0.717) is 24.5 Å². The van der Waals surface area contributed by atoms with E-state index in [1.165, 1.54) is 0 Å². The van der Waals surface area contributed by atoms with Crippen molar-refractivity contribution in [3.05, 3.63) is 23.0 Å². The van der Waals surface area contributed by atoms with Gasteiger partial charge in [-0.15, -0.1) is 11.3 Å². The number of aromatic nitrogens is 3. The summed E-state index contributed by atoms with van der Waals surface area (Å²) in [4.78, 5) is 20.8. The number of hydrogen-bond donors (Lipinski definition) is 2. The number of nitrogens with one attached hydrogen (secondary N) is 1. The average molecular weight is 306 g/mol. The normalized spacial score (nSPS) is 15.5. The fraction of sp³-hybridized carbons (Fsp3) is 0.462. The third-order valence-electron chi connectivity index (χ3n) is 3.70. The second-order valence-corrected chi connectivity index (χ2v) is 5.78. The summed E-state index contributed by atoms with van der Waals surface area (Å²) in [7, 11) is 0. The molecule has 0 aliphatic carbocycles. The maximum absolute atomic E-state index is 12.5. The highest BCUT2D eigenvalue weighted by atomic mass is 32.1. The Balaban J connectivity index is 1.66. The van der Waals surface area contributed by atoms with E-state index in [-0.39, 0.29) is 5.91 Å². The Morgan fingerprint density at radius 2 is 2.19 bits per heavy atom. The molecule has 21 heavy (non-hydrogen) atoms. The third-order valence-corrected chi connectivity index (χ3v) is 4.53. The van der Waals surface area contributed by atoms with E-state index >= 15 is 0 Å². The van der Waals surface area contributed by atoms with Crippen molar-refractivity contribution >= 4 is 28.1 Å². The summed E-state index contributed by atoms with van der Waals surface area (Å²) in [5.74, 6) is -0.0951. The zero-order valence-electron chi connectivity index (χ0n) is 11.9. The SMILES string of the molecule is CCc1[nH]nc(C(=O)N2CCN(c3nccs3)CC2)c1N. The number of anilines is 2. The summed E-state index contributed by atoms with van der Waals surface area (Å²) in [6.07, 6.45) is 2.54. The molecule has 3 N–H and O–H groups in total. The van der Waals surface area contributed by atoms with Gasteiger partial charge in [0.1, 0.15) is 0 Å². The number of carbonyl (C=O) groups excluding carboxylic acids is 1. The Morgan fingerprint density at radius 3 is 2.76 bits per heavy atom. The molecule has 0 saturated carbocycles. The molecule has 1 aliphatic heterocycles. The van der Waals surface area contributed by atoms with Crippen molar-refractivity contribution in [2.45, 2.75) is 13.3 Å². The molecule has 112 valence electrons. The first-order chi connectivity index (χ1) is 10.2. The number of rotatable bonds is 3. The minimum Gasteiger partial charge on any atom is -0.395 e. The summed E-state index contributed by atoms with van der Waals surface area (Å²) in [5, 5.41) is 9.87. The number of aryl methyl sites for hydroxylation is 1. The van der Waals surface area contributed by atoms with Gasteiger partial charge in [-0.2, -0.15) is 5.10 Å². The van der Waals surface area contributed by atoms with Crippen molar-refractivity contribution in [2.24, 2.45) is 0 Å². The van der Waals surface area contributed by atoms with Crippen LogP contribution in [0.4, 0.5) is 10.8 Å². The van der Waals surface area contributed by atoms with Gasteiger partial charge < -0.3 is 15.5 Å². The predicted octanol–water partition coefficient (Wildman–Crippen LogP) is 0.973. The molecule has 1 aliphatic rings. The lowest BCUT2D eigenvalue weighted by molar-refractivity contribution is 0.0742. The van der Waals surface area contributed by atoms with Crippen LogP contribution in [0.3, 0.4) is 0 Å². The van der Waals surface area contributed by atoms with Gasteiger partial charge in [-0.3, -0.25) is 9.89 Å². The molecule has 2 aromatic heterocycles. The summed E-state index contributed by atoms with van der Waals surface area (Å²) in [5.41, 5.74) is 7.60. The molecule has 1 saturated heterocycles. The maximum atomic E-state index is 12.5. The largest absolute Gasteiger partial charge is 0.395 e. The summed E-state index contributed by atoms with van der Waals surface area (Å²) in [6.45, 7) is 4.86. The fourth-order valence-electron chi connectivity index (χ4n) is 2.44. The first-order valence-corrected chi connectivity index (χ1v) is 7.85. The van der Waals surface area contributed by atoms with E-state index < -0.39 is 0 Å². The number of H-pyrrole nitrogens is 1. The molecule has 0 atom stereocenters. The smallest absolute Gasteiger partial charge is 0.276 e. The second-order valence-electron chi connectivity index (χ2n) is 4.91. The number of nitrogens with two attached hydrogens (primary N) is 1. The number of nitrogen functional groups attached to an aromatic ring is 1. The van der Waals surface area contributed by atoms with Crippen LogP contribution in [0.5, 0.6) is 0 Å². The van der Waals surface area contributed by atoms with Gasteiger partial charge in [-0.05, 0) is 6.42 Å². The minimum absolute atomic E-state index is 0.0951. The van der Waals surface area contributed by atoms with E-state index in [2.05, 4.69) is 20.1 Å². The lowest BCUT2D eigenvalue weighted by Gasteiger charge is -2.34. The van der Waals surface area contributed by atoms with Crippen LogP contribution < -0.4 is 10.6 Å². The molecule has 8 heteroatoms. The van der Waals surface area contributed by atoms with Crippen molar-refractivity contribution in [3.8, 4) is 0 Å². The Labute approximate surface area is 126 Å². The van der Waals surface area contributed by atoms with Gasteiger partial charge in [0.15, 0.2) is 10.8 Å². The van der Waals surface area contributed by atoms with E-state index in [4.69, 9.17) is 5.73 Å². The molecule has 0 radical (unpaired) electrons. The van der Waals surface area contributed by atoms with E-state index in [1.54, 1.807) is 22.4 Å². The molecule has 0 unspecified atom stereocenters. The van der Waals surface area contributed by atoms with Crippen molar-refractivity contribution in [3.63, 3.8) is 0 Å². The van der Waals surface area contributed by atoms with Gasteiger partial charge in [-0.1, -0.05) is 6.92 Å². The average Bonchev–Trinajstić information content (AvgIpc) is 3.16. The van der Waals surface area contributed by atoms with Crippen molar-refractivity contribution < 1.29 is 4.79 Å². The number of nitrogens with zero attached hydrogens (tertiary/aromatic N) is 4. The van der Waals surface area contributed by atoms with Crippen LogP contribution in [-0.2, 0) is 6.42 Å². The number of aromatic amines is 1. The molecule has 3 heterocycles. The molecule has 2 aromatic rings. The second kappa shape index (κ2) is 5.72. The monoisotopic (exact) mass is 306 g/mol. The summed E-state index contributed by atoms with van der Waals surface area (Å²) < 4.78 is 0. The van der Waals surface area contributed by atoms with E-state index in [0.717, 1.165) is 30.3 Å². The van der Waals surface area contributed by atoms with Crippen LogP contribution in [0, 0.1) is 0 Å². The molecule has 1 fully saturated rings. The topological polar surface area (TPSA) is 91.1 Å². The zero-order chi connectivity index (χ0) is 14.8. The van der Waals surface area contributed by atoms with E-state index in [1.807, 2.05) is 12.3 Å².